The van der Waals surface area contributed by atoms with E-state index in [4.69, 9.17) is 35.7 Å². The number of ether oxygens (including phenoxy) is 1. The summed E-state index contributed by atoms with van der Waals surface area (Å²) in [6, 6.07) is 1.91. The minimum absolute atomic E-state index is 0.0197. The minimum Gasteiger partial charge on any atom is -0.461 e. The van der Waals surface area contributed by atoms with Crippen LogP contribution in [0.25, 0.3) is 33.1 Å². The zero-order valence-corrected chi connectivity index (χ0v) is 29.9. The lowest BCUT2D eigenvalue weighted by molar-refractivity contribution is 0.108. The molecule has 6 heterocycles. The largest absolute Gasteiger partial charge is 0.461 e. The van der Waals surface area contributed by atoms with Crippen molar-refractivity contribution in [1.82, 2.24) is 40.2 Å². The maximum absolute atomic E-state index is 17.2. The van der Waals surface area contributed by atoms with Crippen LogP contribution < -0.4 is 9.64 Å². The highest BCUT2D eigenvalue weighted by Crippen LogP contribution is 2.41. The third kappa shape index (κ3) is 6.27. The van der Waals surface area contributed by atoms with Crippen LogP contribution in [0.3, 0.4) is 0 Å². The molecule has 266 valence electrons. The van der Waals surface area contributed by atoms with Gasteiger partial charge < -0.3 is 14.1 Å². The maximum Gasteiger partial charge on any atom is 0.319 e. The number of halogens is 3. The Bertz CT molecular complexity index is 1990. The van der Waals surface area contributed by atoms with E-state index in [1.165, 1.54) is 6.92 Å². The molecule has 2 aliphatic heterocycles. The Hall–Kier alpha value is -3.97. The van der Waals surface area contributed by atoms with E-state index in [2.05, 4.69) is 44.0 Å². The van der Waals surface area contributed by atoms with Crippen molar-refractivity contribution >= 4 is 39.2 Å². The molecular weight excluding hydrogens is 664 g/mol. The number of hydrogen-bond acceptors (Lipinski definition) is 10. The van der Waals surface area contributed by atoms with Gasteiger partial charge in [-0.1, -0.05) is 31.9 Å². The number of benzene rings is 1. The van der Waals surface area contributed by atoms with Crippen LogP contribution in [0, 0.1) is 5.82 Å². The van der Waals surface area contributed by atoms with Crippen LogP contribution in [0.4, 0.5) is 14.6 Å². The van der Waals surface area contributed by atoms with Gasteiger partial charge in [-0.25, -0.2) is 8.78 Å². The highest BCUT2D eigenvalue weighted by Gasteiger charge is 2.45. The van der Waals surface area contributed by atoms with Gasteiger partial charge in [-0.05, 0) is 83.5 Å². The molecular formula is C36H44ClF2N9O2. The molecule has 0 spiro atoms. The van der Waals surface area contributed by atoms with E-state index in [0.29, 0.717) is 57.8 Å². The van der Waals surface area contributed by atoms with Gasteiger partial charge in [-0.15, -0.1) is 10.2 Å². The number of fused-ring (bicyclic) bond motifs is 3. The fraction of sp³-hybridized carbons (Fsp3) is 0.556. The van der Waals surface area contributed by atoms with Gasteiger partial charge in [0.05, 0.1) is 22.6 Å². The summed E-state index contributed by atoms with van der Waals surface area (Å²) in [5, 5.41) is 16.7. The Labute approximate surface area is 295 Å². The van der Waals surface area contributed by atoms with Gasteiger partial charge in [-0.2, -0.15) is 15.1 Å². The number of nitrogens with one attached hydrogen (secondary N) is 1. The molecule has 0 amide bonds. The van der Waals surface area contributed by atoms with Crippen LogP contribution in [0.5, 0.6) is 6.01 Å². The van der Waals surface area contributed by atoms with E-state index in [0.717, 1.165) is 58.2 Å². The monoisotopic (exact) mass is 707 g/mol. The lowest BCUT2D eigenvalue weighted by atomic mass is 9.95. The van der Waals surface area contributed by atoms with Gasteiger partial charge in [-0.3, -0.25) is 15.0 Å². The second-order valence-electron chi connectivity index (χ2n) is 13.7. The number of H-pyrrole nitrogens is 1. The topological polar surface area (TPSA) is 122 Å². The number of aryl methyl sites for hydroxylation is 1. The minimum atomic E-state index is -1.73. The van der Waals surface area contributed by atoms with Gasteiger partial charge in [0.25, 0.3) is 5.89 Å². The van der Waals surface area contributed by atoms with Crippen LogP contribution in [0.15, 0.2) is 22.9 Å². The summed E-state index contributed by atoms with van der Waals surface area (Å²) in [6.07, 6.45) is 10.4. The van der Waals surface area contributed by atoms with Crippen molar-refractivity contribution in [1.29, 1.82) is 0 Å². The number of rotatable bonds is 14. The lowest BCUT2D eigenvalue weighted by Gasteiger charge is -2.31. The molecule has 5 aromatic rings. The number of pyridine rings is 1. The normalized spacial score (nSPS) is 17.1. The molecule has 1 aromatic carbocycles. The molecule has 2 saturated heterocycles. The molecule has 1 atom stereocenters. The summed E-state index contributed by atoms with van der Waals surface area (Å²) in [4.78, 5) is 19.0. The van der Waals surface area contributed by atoms with Crippen molar-refractivity contribution in [2.45, 2.75) is 96.7 Å². The Kier molecular flexibility index (Phi) is 9.64. The van der Waals surface area contributed by atoms with E-state index in [-0.39, 0.29) is 47.4 Å². The van der Waals surface area contributed by atoms with Crippen LogP contribution in [-0.4, -0.2) is 78.6 Å². The van der Waals surface area contributed by atoms with E-state index >= 15 is 4.39 Å². The number of aromatic nitrogens is 7. The van der Waals surface area contributed by atoms with E-state index < -0.39 is 11.5 Å². The molecule has 2 fully saturated rings. The number of unbranched alkanes of at least 4 members (excludes halogenated alkanes) is 1. The Morgan fingerprint density at radius 2 is 1.90 bits per heavy atom. The summed E-state index contributed by atoms with van der Waals surface area (Å²) in [5.41, 5.74) is 0.192. The van der Waals surface area contributed by atoms with Crippen LogP contribution in [-0.2, 0) is 18.5 Å². The van der Waals surface area contributed by atoms with Crippen molar-refractivity contribution in [3.63, 3.8) is 0 Å². The third-order valence-electron chi connectivity index (χ3n) is 10.6. The summed E-state index contributed by atoms with van der Waals surface area (Å²) >= 11 is 6.88. The Morgan fingerprint density at radius 3 is 2.64 bits per heavy atom. The van der Waals surface area contributed by atoms with E-state index in [9.17, 15) is 4.39 Å². The first-order valence-electron chi connectivity index (χ1n) is 17.8. The van der Waals surface area contributed by atoms with Gasteiger partial charge >= 0.3 is 6.01 Å². The summed E-state index contributed by atoms with van der Waals surface area (Å²) in [5.74, 6) is 0.180. The van der Waals surface area contributed by atoms with Crippen molar-refractivity contribution < 1.29 is 17.9 Å². The second-order valence-corrected chi connectivity index (χ2v) is 14.2. The molecule has 2 aliphatic rings. The molecule has 50 heavy (non-hydrogen) atoms. The molecule has 14 heteroatoms. The first-order chi connectivity index (χ1) is 24.2. The highest BCUT2D eigenvalue weighted by molar-refractivity contribution is 6.33. The number of anilines is 1. The third-order valence-corrected chi connectivity index (χ3v) is 10.9. The molecule has 7 rings (SSSR count). The van der Waals surface area contributed by atoms with Crippen LogP contribution >= 0.6 is 11.6 Å². The predicted octanol–water partition coefficient (Wildman–Crippen LogP) is 7.76. The molecule has 1 N–H and O–H groups in total. The van der Waals surface area contributed by atoms with Gasteiger partial charge in [0.15, 0.2) is 11.5 Å². The fourth-order valence-corrected chi connectivity index (χ4v) is 7.79. The molecule has 1 unspecified atom stereocenters. The van der Waals surface area contributed by atoms with Gasteiger partial charge in [0, 0.05) is 41.7 Å². The highest BCUT2D eigenvalue weighted by atomic mass is 35.5. The summed E-state index contributed by atoms with van der Waals surface area (Å²) < 4.78 is 44.1. The van der Waals surface area contributed by atoms with Gasteiger partial charge in [0.2, 0.25) is 5.89 Å². The number of nitrogens with zero attached hydrogens (tertiary/aromatic N) is 8. The number of alkyl halides is 1. The average molecular weight is 708 g/mol. The maximum atomic E-state index is 17.2. The molecule has 0 saturated carbocycles. The molecule has 0 aliphatic carbocycles. The zero-order valence-electron chi connectivity index (χ0n) is 29.2. The quantitative estimate of drug-likeness (QED) is 0.123. The molecule has 11 nitrogen and oxygen atoms in total. The predicted molar refractivity (Wildman–Crippen MR) is 189 cm³/mol. The zero-order chi connectivity index (χ0) is 35.0. The smallest absolute Gasteiger partial charge is 0.319 e. The summed E-state index contributed by atoms with van der Waals surface area (Å²) in [6.45, 7) is 11.4. The Morgan fingerprint density at radius 1 is 1.10 bits per heavy atom. The standard InChI is InChI=1S/C36H44ClF2N9O2/c1-5-8-15-47(7-3)32-24-19-40-31(29(38)30(24)42-34(43-32)49-21-36-13-9-16-48(36)17-10-14-36)28-22(25(37)18-26-23(28)20-41-44-26)11-12-27-45-46-33(50-27)35(4,39)6-2/h18-20H,5-17,21H2,1-4H3,(H,41,44). The molecule has 0 bridgehead atoms. The molecule has 0 radical (unpaired) electrons. The molecule has 4 aromatic heterocycles. The number of aromatic amines is 1. The SMILES string of the molecule is CCCCN(CC)c1nc(OCC23CCCN2CCC3)nc2c(F)c(-c3c(CCc4nnc(C(C)(F)CC)o4)c(Cl)cc4[nH]ncc34)ncc12. The Balaban J connectivity index is 1.31. The van der Waals surface area contributed by atoms with E-state index in [1.54, 1.807) is 25.4 Å². The fourth-order valence-electron chi connectivity index (χ4n) is 7.49. The van der Waals surface area contributed by atoms with Crippen molar-refractivity contribution in [3.05, 3.63) is 46.6 Å². The van der Waals surface area contributed by atoms with Crippen molar-refractivity contribution in [2.24, 2.45) is 0 Å². The lowest BCUT2D eigenvalue weighted by Crippen LogP contribution is -2.43. The van der Waals surface area contributed by atoms with Crippen LogP contribution in [0.2, 0.25) is 5.02 Å². The first-order valence-corrected chi connectivity index (χ1v) is 18.2. The van der Waals surface area contributed by atoms with E-state index in [1.807, 2.05) is 0 Å². The van der Waals surface area contributed by atoms with Crippen molar-refractivity contribution in [2.75, 3.05) is 37.7 Å². The summed E-state index contributed by atoms with van der Waals surface area (Å²) in [7, 11) is 0. The van der Waals surface area contributed by atoms with Gasteiger partial charge in [0.1, 0.15) is 23.6 Å². The first kappa shape index (κ1) is 34.5. The number of hydrogen-bond donors (Lipinski definition) is 1. The average Bonchev–Trinajstić information content (AvgIpc) is 3.92. The second kappa shape index (κ2) is 14.0. The van der Waals surface area contributed by atoms with Crippen LogP contribution in [0.1, 0.15) is 90.0 Å². The van der Waals surface area contributed by atoms with Crippen molar-refractivity contribution in [3.8, 4) is 17.3 Å².